The molecule has 224 valence electrons. The number of halogens is 2. The molecule has 0 aliphatic heterocycles. The normalized spacial score (nSPS) is 12.0. The maximum absolute atomic E-state index is 12.7. The number of benzene rings is 3. The Labute approximate surface area is 253 Å². The summed E-state index contributed by atoms with van der Waals surface area (Å²) in [5.74, 6) is -0.831. The molecule has 4 N–H and O–H groups in total. The molecule has 0 fully saturated rings. The zero-order chi connectivity index (χ0) is 29.1. The number of sulfonamides is 1. The average molecular weight is 626 g/mol. The van der Waals surface area contributed by atoms with Crippen molar-refractivity contribution in [3.8, 4) is 16.9 Å². The smallest absolute Gasteiger partial charge is 0.268 e. The largest absolute Gasteiger partial charge is 0.490 e. The lowest BCUT2D eigenvalue weighted by Gasteiger charge is -2.16. The molecule has 0 aliphatic rings. The van der Waals surface area contributed by atoms with Crippen LogP contribution in [0.4, 0.5) is 0 Å². The molecule has 0 aromatic heterocycles. The third-order valence-electron chi connectivity index (χ3n) is 6.09. The highest BCUT2D eigenvalue weighted by atomic mass is 35.5. The summed E-state index contributed by atoms with van der Waals surface area (Å²) in [6, 6.07) is 20.4. The van der Waals surface area contributed by atoms with Gasteiger partial charge in [-0.2, -0.15) is 0 Å². The highest BCUT2D eigenvalue weighted by Gasteiger charge is 2.20. The summed E-state index contributed by atoms with van der Waals surface area (Å²) < 4.78 is 32.2. The van der Waals surface area contributed by atoms with E-state index in [9.17, 15) is 18.3 Å². The molecule has 0 unspecified atom stereocenters. The number of carbonyl (C=O) groups excluding carboxylic acids is 1. The molecule has 3 aromatic rings. The number of aliphatic hydroxyl groups is 2. The van der Waals surface area contributed by atoms with Gasteiger partial charge < -0.3 is 20.3 Å². The molecule has 0 saturated heterocycles. The highest BCUT2D eigenvalue weighted by molar-refractivity contribution is 7.90. The Morgan fingerprint density at radius 1 is 1.00 bits per heavy atom. The van der Waals surface area contributed by atoms with Crippen molar-refractivity contribution in [2.24, 2.45) is 0 Å². The Bertz CT molecular complexity index is 1370. The van der Waals surface area contributed by atoms with Gasteiger partial charge in [-0.3, -0.25) is 4.79 Å². The molecular formula is C30H38Cl2N2O6S. The van der Waals surface area contributed by atoms with Crippen molar-refractivity contribution in [2.75, 3.05) is 25.4 Å². The minimum Gasteiger partial charge on any atom is -0.490 e. The van der Waals surface area contributed by atoms with Gasteiger partial charge in [-0.05, 0) is 86.2 Å². The summed E-state index contributed by atoms with van der Waals surface area (Å²) in [7, 11) is -3.87. The maximum Gasteiger partial charge on any atom is 0.268 e. The van der Waals surface area contributed by atoms with Crippen LogP contribution in [0.1, 0.15) is 54.3 Å². The standard InChI is InChI=1S/C30H37ClN2O6S.ClH/c1-21(2)39-29-19-24(13-14-27(29)30(36)33-40(37,38)17-5-16-34)23-11-9-22(10-12-23)6-4-15-32-20-28(35)25-7-3-8-26(31)18-25;/h3,7-14,18-19,21,28,32,34-35H,4-6,15-17,20H2,1-2H3,(H,33,36);1H/t28-;/m1./s1. The second-order valence-corrected chi connectivity index (χ2v) is 12.1. The van der Waals surface area contributed by atoms with Crippen molar-refractivity contribution >= 4 is 39.9 Å². The Balaban J connectivity index is 0.00000588. The van der Waals surface area contributed by atoms with E-state index in [2.05, 4.69) is 10.0 Å². The van der Waals surface area contributed by atoms with Crippen molar-refractivity contribution < 1.29 is 28.2 Å². The molecule has 0 saturated carbocycles. The van der Waals surface area contributed by atoms with Crippen LogP contribution in [0.15, 0.2) is 66.7 Å². The molecule has 8 nitrogen and oxygen atoms in total. The molecule has 3 rings (SSSR count). The maximum atomic E-state index is 12.7. The topological polar surface area (TPSA) is 125 Å². The van der Waals surface area contributed by atoms with Gasteiger partial charge in [0.05, 0.1) is 23.5 Å². The summed E-state index contributed by atoms with van der Waals surface area (Å²) >= 11 is 5.99. The molecule has 1 amide bonds. The van der Waals surface area contributed by atoms with Crippen LogP contribution in [0.2, 0.25) is 5.02 Å². The van der Waals surface area contributed by atoms with Gasteiger partial charge >= 0.3 is 0 Å². The van der Waals surface area contributed by atoms with Gasteiger partial charge in [0.2, 0.25) is 10.0 Å². The fourth-order valence-electron chi connectivity index (χ4n) is 4.09. The van der Waals surface area contributed by atoms with Gasteiger partial charge in [-0.15, -0.1) is 12.4 Å². The van der Waals surface area contributed by atoms with Crippen molar-refractivity contribution in [1.82, 2.24) is 10.0 Å². The lowest BCUT2D eigenvalue weighted by Crippen LogP contribution is -2.33. The number of aryl methyl sites for hydroxylation is 1. The third-order valence-corrected chi connectivity index (χ3v) is 7.64. The van der Waals surface area contributed by atoms with Crippen LogP contribution in [0.5, 0.6) is 5.75 Å². The predicted molar refractivity (Wildman–Crippen MR) is 165 cm³/mol. The quantitative estimate of drug-likeness (QED) is 0.177. The van der Waals surface area contributed by atoms with Crippen molar-refractivity contribution in [3.05, 3.63) is 88.4 Å². The van der Waals surface area contributed by atoms with Crippen molar-refractivity contribution in [3.63, 3.8) is 0 Å². The summed E-state index contributed by atoms with van der Waals surface area (Å²) in [6.45, 7) is 4.58. The van der Waals surface area contributed by atoms with Crippen molar-refractivity contribution in [2.45, 2.75) is 45.3 Å². The van der Waals surface area contributed by atoms with Gasteiger partial charge in [0.25, 0.3) is 5.91 Å². The Kier molecular flexibility index (Phi) is 14.1. The van der Waals surface area contributed by atoms with Gasteiger partial charge in [-0.25, -0.2) is 13.1 Å². The second kappa shape index (κ2) is 16.7. The van der Waals surface area contributed by atoms with E-state index in [-0.39, 0.29) is 48.6 Å². The van der Waals surface area contributed by atoms with Gasteiger partial charge in [-0.1, -0.05) is 54.1 Å². The lowest BCUT2D eigenvalue weighted by molar-refractivity contribution is 0.0975. The van der Waals surface area contributed by atoms with E-state index in [1.165, 1.54) is 5.56 Å². The minimum absolute atomic E-state index is 0. The van der Waals surface area contributed by atoms with Crippen LogP contribution >= 0.6 is 24.0 Å². The number of amides is 1. The van der Waals surface area contributed by atoms with E-state index in [0.717, 1.165) is 36.1 Å². The average Bonchev–Trinajstić information content (AvgIpc) is 2.91. The molecule has 41 heavy (non-hydrogen) atoms. The van der Waals surface area contributed by atoms with Crippen LogP contribution < -0.4 is 14.8 Å². The van der Waals surface area contributed by atoms with Crippen LogP contribution in [-0.2, 0) is 16.4 Å². The van der Waals surface area contributed by atoms with Gasteiger partial charge in [0, 0.05) is 18.2 Å². The number of carbonyl (C=O) groups is 1. The van der Waals surface area contributed by atoms with E-state index in [4.69, 9.17) is 21.4 Å². The van der Waals surface area contributed by atoms with Crippen molar-refractivity contribution in [1.29, 1.82) is 0 Å². The number of rotatable bonds is 15. The van der Waals surface area contributed by atoms with Crippen LogP contribution in [0, 0.1) is 0 Å². The zero-order valence-electron chi connectivity index (χ0n) is 23.2. The zero-order valence-corrected chi connectivity index (χ0v) is 25.6. The first-order chi connectivity index (χ1) is 19.1. The van der Waals surface area contributed by atoms with Gasteiger partial charge in [0.1, 0.15) is 5.75 Å². The number of hydrogen-bond acceptors (Lipinski definition) is 7. The summed E-state index contributed by atoms with van der Waals surface area (Å²) in [5, 5.41) is 23.1. The minimum atomic E-state index is -3.87. The third kappa shape index (κ3) is 11.3. The number of aliphatic hydroxyl groups excluding tert-OH is 2. The lowest BCUT2D eigenvalue weighted by atomic mass is 10.00. The second-order valence-electron chi connectivity index (χ2n) is 9.78. The number of ether oxygens (including phenoxy) is 1. The Hall–Kier alpha value is -2.66. The molecule has 3 aromatic carbocycles. The first kappa shape index (κ1) is 34.5. The molecule has 11 heteroatoms. The predicted octanol–water partition coefficient (Wildman–Crippen LogP) is 4.91. The SMILES string of the molecule is CC(C)Oc1cc(-c2ccc(CCCNC[C@@H](O)c3cccc(Cl)c3)cc2)ccc1C(=O)NS(=O)(=O)CCCO.Cl. The summed E-state index contributed by atoms with van der Waals surface area (Å²) in [5.41, 5.74) is 3.84. The molecule has 0 bridgehead atoms. The summed E-state index contributed by atoms with van der Waals surface area (Å²) in [4.78, 5) is 12.7. The van der Waals surface area contributed by atoms with Crippen LogP contribution in [0.25, 0.3) is 11.1 Å². The van der Waals surface area contributed by atoms with Gasteiger partial charge in [0.15, 0.2) is 0 Å². The fraction of sp³-hybridized carbons (Fsp3) is 0.367. The van der Waals surface area contributed by atoms with E-state index in [0.29, 0.717) is 11.6 Å². The van der Waals surface area contributed by atoms with E-state index >= 15 is 0 Å². The Morgan fingerprint density at radius 3 is 2.37 bits per heavy atom. The number of nitrogens with one attached hydrogen (secondary N) is 2. The highest BCUT2D eigenvalue weighted by Crippen LogP contribution is 2.29. The fourth-order valence-corrected chi connectivity index (χ4v) is 5.30. The molecule has 0 aliphatic carbocycles. The van der Waals surface area contributed by atoms with E-state index < -0.39 is 22.0 Å². The first-order valence-electron chi connectivity index (χ1n) is 13.3. The van der Waals surface area contributed by atoms with Crippen LogP contribution in [-0.4, -0.2) is 56.1 Å². The van der Waals surface area contributed by atoms with E-state index in [1.54, 1.807) is 30.3 Å². The Morgan fingerprint density at radius 2 is 1.71 bits per heavy atom. The molecule has 1 atom stereocenters. The first-order valence-corrected chi connectivity index (χ1v) is 15.3. The molecule has 0 radical (unpaired) electrons. The molecule has 0 heterocycles. The summed E-state index contributed by atoms with van der Waals surface area (Å²) in [6.07, 6.45) is 0.966. The number of hydrogen-bond donors (Lipinski definition) is 4. The monoisotopic (exact) mass is 624 g/mol. The molecular weight excluding hydrogens is 587 g/mol. The van der Waals surface area contributed by atoms with Crippen LogP contribution in [0.3, 0.4) is 0 Å². The van der Waals surface area contributed by atoms with E-state index in [1.807, 2.05) is 50.2 Å². The molecule has 0 spiro atoms.